The molecule has 0 fully saturated rings. The number of alkyl halides is 6. The Morgan fingerprint density at radius 1 is 1.19 bits per heavy atom. The molecular formula is C16H12F6N2O3. The van der Waals surface area contributed by atoms with Crippen LogP contribution in [0.3, 0.4) is 0 Å². The van der Waals surface area contributed by atoms with Gasteiger partial charge in [-0.1, -0.05) is 0 Å². The van der Waals surface area contributed by atoms with Crippen LogP contribution < -0.4 is 10.2 Å². The van der Waals surface area contributed by atoms with Gasteiger partial charge in [-0.25, -0.2) is 9.82 Å². The third-order valence-electron chi connectivity index (χ3n) is 3.20. The topological polar surface area (TPSA) is 63.8 Å². The zero-order valence-electron chi connectivity index (χ0n) is 13.6. The van der Waals surface area contributed by atoms with Crippen molar-refractivity contribution in [2.75, 3.05) is 0 Å². The van der Waals surface area contributed by atoms with Gasteiger partial charge in [-0.15, -0.1) is 0 Å². The Morgan fingerprint density at radius 2 is 1.81 bits per heavy atom. The second-order valence-electron chi connectivity index (χ2n) is 5.23. The second-order valence-corrected chi connectivity index (χ2v) is 5.23. The van der Waals surface area contributed by atoms with Crippen LogP contribution in [0, 0.1) is 6.92 Å². The highest BCUT2D eigenvalue weighted by Crippen LogP contribution is 2.36. The first-order valence-electron chi connectivity index (χ1n) is 7.26. The number of benzene rings is 1. The van der Waals surface area contributed by atoms with Crippen molar-refractivity contribution in [1.82, 2.24) is 5.43 Å². The van der Waals surface area contributed by atoms with Gasteiger partial charge < -0.3 is 9.15 Å². The van der Waals surface area contributed by atoms with Crippen LogP contribution in [0.4, 0.5) is 26.3 Å². The Labute approximate surface area is 148 Å². The number of halogens is 6. The molecule has 1 N–H and O–H groups in total. The van der Waals surface area contributed by atoms with Crippen molar-refractivity contribution in [3.8, 4) is 5.75 Å². The summed E-state index contributed by atoms with van der Waals surface area (Å²) in [7, 11) is 0. The normalized spacial score (nSPS) is 13.6. The Morgan fingerprint density at radius 3 is 2.33 bits per heavy atom. The number of nitrogens with zero attached hydrogens (tertiary/aromatic N) is 1. The van der Waals surface area contributed by atoms with E-state index in [4.69, 9.17) is 4.42 Å². The monoisotopic (exact) mass is 394 g/mol. The largest absolute Gasteiger partial charge is 0.469 e. The number of aryl methyl sites for hydroxylation is 1. The Kier molecular flexibility index (Phi) is 5.82. The lowest BCUT2D eigenvalue weighted by Gasteiger charge is -2.23. The molecule has 0 saturated heterocycles. The van der Waals surface area contributed by atoms with Crippen LogP contribution in [0.15, 0.2) is 46.1 Å². The molecule has 27 heavy (non-hydrogen) atoms. The molecule has 0 aliphatic carbocycles. The molecule has 0 unspecified atom stereocenters. The molecule has 1 amide bonds. The van der Waals surface area contributed by atoms with Crippen molar-refractivity contribution >= 4 is 12.1 Å². The minimum Gasteiger partial charge on any atom is -0.469 e. The number of nitrogens with one attached hydrogen (secondary N) is 1. The van der Waals surface area contributed by atoms with Crippen molar-refractivity contribution in [1.29, 1.82) is 0 Å². The first-order chi connectivity index (χ1) is 12.5. The number of carbonyl (C=O) groups excluding carboxylic acids is 1. The van der Waals surface area contributed by atoms with Gasteiger partial charge in [0.25, 0.3) is 12.1 Å². The van der Waals surface area contributed by atoms with Crippen LogP contribution in [0.2, 0.25) is 0 Å². The second kappa shape index (κ2) is 7.72. The number of furan rings is 1. The zero-order chi connectivity index (χ0) is 20.2. The van der Waals surface area contributed by atoms with Gasteiger partial charge in [0.1, 0.15) is 11.5 Å². The molecule has 1 aromatic heterocycles. The van der Waals surface area contributed by atoms with Gasteiger partial charge in [-0.2, -0.15) is 27.1 Å². The summed E-state index contributed by atoms with van der Waals surface area (Å²) in [6.45, 7) is 1.58. The SMILES string of the molecule is Cc1occc1C(=O)N/N=C\c1ccc(OC(F)(F)[C@H](F)C(F)(F)F)cc1. The number of ether oxygens (including phenoxy) is 1. The van der Waals surface area contributed by atoms with E-state index in [0.29, 0.717) is 11.3 Å². The molecule has 0 radical (unpaired) electrons. The molecule has 0 aliphatic rings. The van der Waals surface area contributed by atoms with Crippen LogP contribution >= 0.6 is 0 Å². The summed E-state index contributed by atoms with van der Waals surface area (Å²) in [6, 6.07) is 5.59. The Hall–Kier alpha value is -2.98. The van der Waals surface area contributed by atoms with Crippen molar-refractivity contribution in [2.45, 2.75) is 25.4 Å². The number of carbonyl (C=O) groups is 1. The maximum absolute atomic E-state index is 13.2. The highest BCUT2D eigenvalue weighted by atomic mass is 19.4. The Balaban J connectivity index is 1.97. The summed E-state index contributed by atoms with van der Waals surface area (Å²) >= 11 is 0. The van der Waals surface area contributed by atoms with Gasteiger partial charge in [-0.3, -0.25) is 4.79 Å². The molecule has 1 atom stereocenters. The highest BCUT2D eigenvalue weighted by molar-refractivity contribution is 5.95. The van der Waals surface area contributed by atoms with Gasteiger partial charge in [-0.05, 0) is 42.8 Å². The van der Waals surface area contributed by atoms with Gasteiger partial charge in [0.2, 0.25) is 0 Å². The number of hydrogen-bond acceptors (Lipinski definition) is 4. The highest BCUT2D eigenvalue weighted by Gasteiger charge is 2.59. The van der Waals surface area contributed by atoms with Gasteiger partial charge in [0, 0.05) is 0 Å². The van der Waals surface area contributed by atoms with E-state index in [1.165, 1.54) is 24.5 Å². The molecule has 1 aromatic carbocycles. The minimum atomic E-state index is -5.76. The average Bonchev–Trinajstić information content (AvgIpc) is 3.00. The summed E-state index contributed by atoms with van der Waals surface area (Å²) < 4.78 is 84.0. The minimum absolute atomic E-state index is 0.267. The van der Waals surface area contributed by atoms with Crippen LogP contribution in [-0.2, 0) is 0 Å². The van der Waals surface area contributed by atoms with E-state index in [9.17, 15) is 31.1 Å². The maximum atomic E-state index is 13.2. The quantitative estimate of drug-likeness (QED) is 0.453. The molecule has 2 rings (SSSR count). The lowest BCUT2D eigenvalue weighted by Crippen LogP contribution is -2.45. The van der Waals surface area contributed by atoms with Crippen LogP contribution in [0.1, 0.15) is 21.7 Å². The summed E-state index contributed by atoms with van der Waals surface area (Å²) in [5, 5.41) is 3.64. The maximum Gasteiger partial charge on any atom is 0.439 e. The van der Waals surface area contributed by atoms with E-state index in [1.807, 2.05) is 0 Å². The predicted molar refractivity (Wildman–Crippen MR) is 81.5 cm³/mol. The number of rotatable bonds is 6. The van der Waals surface area contributed by atoms with E-state index in [1.54, 1.807) is 6.92 Å². The first-order valence-corrected chi connectivity index (χ1v) is 7.26. The van der Waals surface area contributed by atoms with E-state index in [0.717, 1.165) is 18.3 Å². The fourth-order valence-corrected chi connectivity index (χ4v) is 1.87. The van der Waals surface area contributed by atoms with Crippen LogP contribution in [0.25, 0.3) is 0 Å². The van der Waals surface area contributed by atoms with Gasteiger partial charge in [0.05, 0.1) is 18.0 Å². The van der Waals surface area contributed by atoms with E-state index >= 15 is 0 Å². The van der Waals surface area contributed by atoms with Gasteiger partial charge >= 0.3 is 12.3 Å². The number of hydrogen-bond donors (Lipinski definition) is 1. The third-order valence-corrected chi connectivity index (χ3v) is 3.20. The fourth-order valence-electron chi connectivity index (χ4n) is 1.87. The van der Waals surface area contributed by atoms with Crippen molar-refractivity contribution in [3.63, 3.8) is 0 Å². The molecule has 1 heterocycles. The molecule has 11 heteroatoms. The standard InChI is InChI=1S/C16H12F6N2O3/c1-9-12(6-7-26-9)13(25)24-23-8-10-2-4-11(5-3-10)27-16(21,22)14(17)15(18,19)20/h2-8,14H,1H3,(H,24,25)/b23-8-/t14-/m1/s1. The molecule has 0 spiro atoms. The molecule has 146 valence electrons. The van der Waals surface area contributed by atoms with E-state index in [-0.39, 0.29) is 5.56 Å². The summed E-state index contributed by atoms with van der Waals surface area (Å²) in [6.07, 6.45) is -12.8. The molecule has 0 aliphatic heterocycles. The Bertz CT molecular complexity index is 814. The third kappa shape index (κ3) is 5.25. The van der Waals surface area contributed by atoms with Crippen molar-refractivity contribution < 1.29 is 40.3 Å². The first kappa shape index (κ1) is 20.3. The average molecular weight is 394 g/mol. The summed E-state index contributed by atoms with van der Waals surface area (Å²) in [4.78, 5) is 11.8. The van der Waals surface area contributed by atoms with Crippen LogP contribution in [0.5, 0.6) is 5.75 Å². The lowest BCUT2D eigenvalue weighted by molar-refractivity contribution is -0.304. The molecule has 2 aromatic rings. The van der Waals surface area contributed by atoms with Crippen molar-refractivity contribution in [2.24, 2.45) is 5.10 Å². The van der Waals surface area contributed by atoms with Gasteiger partial charge in [0.15, 0.2) is 0 Å². The van der Waals surface area contributed by atoms with E-state index < -0.39 is 30.1 Å². The van der Waals surface area contributed by atoms with E-state index in [2.05, 4.69) is 15.3 Å². The molecular weight excluding hydrogens is 382 g/mol. The molecule has 0 saturated carbocycles. The summed E-state index contributed by atoms with van der Waals surface area (Å²) in [5.41, 5.74) is 2.78. The molecule has 5 nitrogen and oxygen atoms in total. The smallest absolute Gasteiger partial charge is 0.439 e. The molecule has 0 bridgehead atoms. The lowest BCUT2D eigenvalue weighted by atomic mass is 10.2. The predicted octanol–water partition coefficient (Wildman–Crippen LogP) is 4.22. The number of amides is 1. The summed E-state index contributed by atoms with van der Waals surface area (Å²) in [5.74, 6) is -0.838. The number of hydrazone groups is 1. The van der Waals surface area contributed by atoms with Crippen molar-refractivity contribution in [3.05, 3.63) is 53.5 Å². The van der Waals surface area contributed by atoms with Crippen LogP contribution in [-0.4, -0.2) is 30.6 Å². The zero-order valence-corrected chi connectivity index (χ0v) is 13.6. The fraction of sp³-hybridized carbons (Fsp3) is 0.250.